The predicted molar refractivity (Wildman–Crippen MR) is 99.3 cm³/mol. The highest BCUT2D eigenvalue weighted by Gasteiger charge is 2.45. The molecule has 5 nitrogen and oxygen atoms in total. The number of nitrogens with zero attached hydrogens (tertiary/aromatic N) is 1. The fraction of sp³-hybridized carbons (Fsp3) is 0.600. The second-order valence-corrected chi connectivity index (χ2v) is 7.47. The molecular formula is C20H29N3O2. The van der Waals surface area contributed by atoms with E-state index in [0.717, 1.165) is 11.3 Å². The van der Waals surface area contributed by atoms with Gasteiger partial charge in [0.05, 0.1) is 6.04 Å². The minimum atomic E-state index is -0.0649. The lowest BCUT2D eigenvalue weighted by molar-refractivity contribution is -0.115. The van der Waals surface area contributed by atoms with Gasteiger partial charge >= 0.3 is 6.03 Å². The Labute approximate surface area is 150 Å². The predicted octanol–water partition coefficient (Wildman–Crippen LogP) is 3.93. The molecule has 25 heavy (non-hydrogen) atoms. The lowest BCUT2D eigenvalue weighted by atomic mass is 10.1. The molecule has 0 spiro atoms. The van der Waals surface area contributed by atoms with Gasteiger partial charge in [-0.3, -0.25) is 4.79 Å². The Balaban J connectivity index is 1.56. The van der Waals surface area contributed by atoms with Gasteiger partial charge in [0.25, 0.3) is 0 Å². The fourth-order valence-corrected chi connectivity index (χ4v) is 3.50. The number of hydrogen-bond donors (Lipinski definition) is 2. The number of rotatable bonds is 7. The van der Waals surface area contributed by atoms with Crippen molar-refractivity contribution in [1.29, 1.82) is 0 Å². The van der Waals surface area contributed by atoms with E-state index in [-0.39, 0.29) is 18.0 Å². The van der Waals surface area contributed by atoms with E-state index in [0.29, 0.717) is 24.3 Å². The van der Waals surface area contributed by atoms with E-state index in [4.69, 9.17) is 0 Å². The van der Waals surface area contributed by atoms with Crippen molar-refractivity contribution in [2.45, 2.75) is 58.0 Å². The molecule has 1 atom stereocenters. The third-order valence-corrected chi connectivity index (χ3v) is 5.33. The number of hydrogen-bond acceptors (Lipinski definition) is 2. The number of amides is 3. The van der Waals surface area contributed by atoms with E-state index in [9.17, 15) is 9.59 Å². The first-order valence-electron chi connectivity index (χ1n) is 9.42. The molecule has 0 heterocycles. The molecule has 0 bridgehead atoms. The molecule has 2 aliphatic rings. The minimum absolute atomic E-state index is 0.00178. The maximum atomic E-state index is 12.6. The normalized spacial score (nSPS) is 17.9. The van der Waals surface area contributed by atoms with E-state index in [1.165, 1.54) is 25.7 Å². The summed E-state index contributed by atoms with van der Waals surface area (Å²) in [5.41, 5.74) is 1.82. The van der Waals surface area contributed by atoms with Gasteiger partial charge in [0, 0.05) is 25.2 Å². The van der Waals surface area contributed by atoms with E-state index < -0.39 is 0 Å². The molecule has 0 radical (unpaired) electrons. The first kappa shape index (κ1) is 17.8. The van der Waals surface area contributed by atoms with Crippen LogP contribution in [0.3, 0.4) is 0 Å². The van der Waals surface area contributed by atoms with Crippen LogP contribution in [-0.2, 0) is 4.79 Å². The lowest BCUT2D eigenvalue weighted by Gasteiger charge is -2.30. The summed E-state index contributed by atoms with van der Waals surface area (Å²) in [4.78, 5) is 26.0. The number of nitrogens with one attached hydrogen (secondary N) is 2. The van der Waals surface area contributed by atoms with Crippen LogP contribution in [0, 0.1) is 11.8 Å². The molecule has 5 heteroatoms. The topological polar surface area (TPSA) is 61.4 Å². The van der Waals surface area contributed by atoms with Crippen LogP contribution in [-0.4, -0.2) is 29.9 Å². The average Bonchev–Trinajstić information content (AvgIpc) is 3.50. The van der Waals surface area contributed by atoms with Crippen molar-refractivity contribution >= 4 is 17.6 Å². The summed E-state index contributed by atoms with van der Waals surface area (Å²) in [7, 11) is 1.94. The molecule has 2 aliphatic carbocycles. The van der Waals surface area contributed by atoms with Gasteiger partial charge in [-0.15, -0.1) is 0 Å². The van der Waals surface area contributed by atoms with Crippen molar-refractivity contribution in [2.75, 3.05) is 12.4 Å². The summed E-state index contributed by atoms with van der Waals surface area (Å²) in [5, 5.41) is 5.95. The van der Waals surface area contributed by atoms with Gasteiger partial charge in [0.1, 0.15) is 0 Å². The zero-order valence-electron chi connectivity index (χ0n) is 15.4. The molecule has 2 saturated carbocycles. The van der Waals surface area contributed by atoms with Gasteiger partial charge in [-0.1, -0.05) is 19.1 Å². The van der Waals surface area contributed by atoms with Crippen LogP contribution in [0.15, 0.2) is 24.3 Å². The zero-order chi connectivity index (χ0) is 18.0. The van der Waals surface area contributed by atoms with E-state index >= 15 is 0 Å². The Morgan fingerprint density at radius 3 is 2.16 bits per heavy atom. The van der Waals surface area contributed by atoms with Crippen LogP contribution in [0.2, 0.25) is 0 Å². The molecule has 1 aromatic rings. The largest absolute Gasteiger partial charge is 0.331 e. The Hall–Kier alpha value is -2.04. The van der Waals surface area contributed by atoms with E-state index in [1.807, 2.05) is 50.1 Å². The van der Waals surface area contributed by atoms with Gasteiger partial charge in [-0.05, 0) is 62.1 Å². The summed E-state index contributed by atoms with van der Waals surface area (Å²) in [5.74, 6) is 1.42. The molecule has 0 aromatic heterocycles. The van der Waals surface area contributed by atoms with Gasteiger partial charge in [0.2, 0.25) is 5.91 Å². The quantitative estimate of drug-likeness (QED) is 0.788. The Kier molecular flexibility index (Phi) is 5.30. The number of benzene rings is 1. The molecule has 136 valence electrons. The Morgan fingerprint density at radius 2 is 1.68 bits per heavy atom. The van der Waals surface area contributed by atoms with Gasteiger partial charge in [-0.2, -0.15) is 0 Å². The molecular weight excluding hydrogens is 314 g/mol. The molecule has 2 fully saturated rings. The van der Waals surface area contributed by atoms with Crippen LogP contribution in [0.5, 0.6) is 0 Å². The molecule has 1 aromatic carbocycles. The maximum Gasteiger partial charge on any atom is 0.317 e. The highest BCUT2D eigenvalue weighted by Crippen LogP contribution is 2.46. The smallest absolute Gasteiger partial charge is 0.317 e. The summed E-state index contributed by atoms with van der Waals surface area (Å²) in [6, 6.07) is 8.03. The third kappa shape index (κ3) is 4.53. The second-order valence-electron chi connectivity index (χ2n) is 7.47. The Bertz CT molecular complexity index is 608. The standard InChI is InChI=1S/C20H29N3O2/c1-4-18(24)22-17-11-9-14(10-12-17)13(2)21-20(25)23(3)19(15-5-6-15)16-7-8-16/h9-13,15-16,19H,4-8H2,1-3H3,(H,21,25)(H,22,24)/t13-/m0/s1. The van der Waals surface area contributed by atoms with Crippen molar-refractivity contribution in [3.63, 3.8) is 0 Å². The molecule has 3 amide bonds. The average molecular weight is 343 g/mol. The van der Waals surface area contributed by atoms with Crippen molar-refractivity contribution in [2.24, 2.45) is 11.8 Å². The van der Waals surface area contributed by atoms with Crippen LogP contribution in [0.1, 0.15) is 57.6 Å². The van der Waals surface area contributed by atoms with Crippen LogP contribution in [0.4, 0.5) is 10.5 Å². The van der Waals surface area contributed by atoms with Crippen molar-refractivity contribution in [3.8, 4) is 0 Å². The van der Waals surface area contributed by atoms with Crippen molar-refractivity contribution in [1.82, 2.24) is 10.2 Å². The summed E-state index contributed by atoms with van der Waals surface area (Å²) < 4.78 is 0. The molecule has 0 unspecified atom stereocenters. The number of urea groups is 1. The number of carbonyl (C=O) groups is 2. The molecule has 0 aliphatic heterocycles. The third-order valence-electron chi connectivity index (χ3n) is 5.33. The van der Waals surface area contributed by atoms with E-state index in [1.54, 1.807) is 0 Å². The fourth-order valence-electron chi connectivity index (χ4n) is 3.50. The second kappa shape index (κ2) is 7.46. The van der Waals surface area contributed by atoms with Crippen molar-refractivity contribution in [3.05, 3.63) is 29.8 Å². The summed E-state index contributed by atoms with van der Waals surface area (Å²) in [6.07, 6.45) is 5.51. The maximum absolute atomic E-state index is 12.6. The lowest BCUT2D eigenvalue weighted by Crippen LogP contribution is -2.46. The van der Waals surface area contributed by atoms with Gasteiger partial charge in [0.15, 0.2) is 0 Å². The number of carbonyl (C=O) groups excluding carboxylic acids is 2. The Morgan fingerprint density at radius 1 is 1.12 bits per heavy atom. The summed E-state index contributed by atoms with van der Waals surface area (Å²) >= 11 is 0. The number of anilines is 1. The highest BCUT2D eigenvalue weighted by molar-refractivity contribution is 5.90. The van der Waals surface area contributed by atoms with Gasteiger partial charge < -0.3 is 15.5 Å². The van der Waals surface area contributed by atoms with Crippen LogP contribution in [0.25, 0.3) is 0 Å². The van der Waals surface area contributed by atoms with Gasteiger partial charge in [-0.25, -0.2) is 4.79 Å². The van der Waals surface area contributed by atoms with Crippen LogP contribution < -0.4 is 10.6 Å². The van der Waals surface area contributed by atoms with E-state index in [2.05, 4.69) is 10.6 Å². The molecule has 2 N–H and O–H groups in total. The monoisotopic (exact) mass is 343 g/mol. The zero-order valence-corrected chi connectivity index (χ0v) is 15.4. The van der Waals surface area contributed by atoms with Crippen LogP contribution >= 0.6 is 0 Å². The molecule has 0 saturated heterocycles. The SMILES string of the molecule is CCC(=O)Nc1ccc([C@H](C)NC(=O)N(C)C(C2CC2)C2CC2)cc1. The summed E-state index contributed by atoms with van der Waals surface area (Å²) in [6.45, 7) is 3.82. The molecule has 3 rings (SSSR count). The van der Waals surface area contributed by atoms with Crippen molar-refractivity contribution < 1.29 is 9.59 Å². The highest BCUT2D eigenvalue weighted by atomic mass is 16.2. The minimum Gasteiger partial charge on any atom is -0.331 e. The first-order chi connectivity index (χ1) is 12.0. The first-order valence-corrected chi connectivity index (χ1v) is 9.42.